The van der Waals surface area contributed by atoms with Crippen molar-refractivity contribution in [2.45, 2.75) is 19.9 Å². The van der Waals surface area contributed by atoms with Crippen LogP contribution in [-0.2, 0) is 6.54 Å². The fraction of sp³-hybridized carbons (Fsp3) is 0.500. The maximum Gasteiger partial charge on any atom is 0.282 e. The lowest BCUT2D eigenvalue weighted by Crippen LogP contribution is -2.04. The van der Waals surface area contributed by atoms with Crippen molar-refractivity contribution in [3.8, 4) is 0 Å². The van der Waals surface area contributed by atoms with Crippen LogP contribution in [0.1, 0.15) is 29.5 Å². The highest BCUT2D eigenvalue weighted by molar-refractivity contribution is 5.73. The van der Waals surface area contributed by atoms with Crippen LogP contribution in [0.25, 0.3) is 0 Å². The molecule has 0 N–H and O–H groups in total. The molecule has 66 valence electrons. The predicted molar refractivity (Wildman–Crippen MR) is 36.0 cm³/mol. The van der Waals surface area contributed by atoms with Gasteiger partial charge in [-0.2, -0.15) is 0 Å². The molecule has 0 saturated carbocycles. The fourth-order valence-corrected chi connectivity index (χ4v) is 0.876. The first-order chi connectivity index (χ1) is 5.70. The lowest BCUT2D eigenvalue weighted by molar-refractivity contribution is 0.109. The highest BCUT2D eigenvalue weighted by atomic mass is 19.3. The molecule has 0 unspecified atom stereocenters. The number of carbonyl (C=O) groups is 1. The Labute approximate surface area is 67.2 Å². The molecule has 0 aliphatic carbocycles. The second-order valence-corrected chi connectivity index (χ2v) is 2.09. The number of aldehydes is 1. The molecule has 1 rings (SSSR count). The Morgan fingerprint density at radius 1 is 1.67 bits per heavy atom. The minimum absolute atomic E-state index is 0.278. The van der Waals surface area contributed by atoms with Crippen LogP contribution in [0, 0.1) is 0 Å². The van der Waals surface area contributed by atoms with Crippen molar-refractivity contribution >= 4 is 6.29 Å². The topological polar surface area (TPSA) is 47.8 Å². The van der Waals surface area contributed by atoms with Gasteiger partial charge in [0.1, 0.15) is 5.69 Å². The summed E-state index contributed by atoms with van der Waals surface area (Å²) in [7, 11) is 0. The molecule has 0 aromatic carbocycles. The molecule has 1 aromatic rings. The zero-order chi connectivity index (χ0) is 9.14. The molecule has 0 radical (unpaired) electrons. The lowest BCUT2D eigenvalue weighted by atomic mass is 10.3. The number of hydrogen-bond acceptors (Lipinski definition) is 3. The van der Waals surface area contributed by atoms with Crippen LogP contribution < -0.4 is 0 Å². The number of aromatic nitrogens is 3. The monoisotopic (exact) mass is 175 g/mol. The van der Waals surface area contributed by atoms with Crippen molar-refractivity contribution in [1.29, 1.82) is 0 Å². The van der Waals surface area contributed by atoms with Crippen LogP contribution in [0.5, 0.6) is 0 Å². The summed E-state index contributed by atoms with van der Waals surface area (Å²) in [6, 6.07) is 0. The van der Waals surface area contributed by atoms with Gasteiger partial charge in [0.25, 0.3) is 6.43 Å². The molecule has 1 heterocycles. The van der Waals surface area contributed by atoms with Crippen LogP contribution in [0.3, 0.4) is 0 Å². The molecule has 0 saturated heterocycles. The number of hydrogen-bond donors (Lipinski definition) is 0. The third-order valence-electron chi connectivity index (χ3n) is 1.42. The van der Waals surface area contributed by atoms with E-state index in [-0.39, 0.29) is 18.5 Å². The van der Waals surface area contributed by atoms with Gasteiger partial charge < -0.3 is 0 Å². The average Bonchev–Trinajstić information content (AvgIpc) is 2.46. The van der Waals surface area contributed by atoms with E-state index in [9.17, 15) is 13.6 Å². The zero-order valence-corrected chi connectivity index (χ0v) is 6.37. The zero-order valence-electron chi connectivity index (χ0n) is 6.37. The van der Waals surface area contributed by atoms with Gasteiger partial charge in [-0.1, -0.05) is 5.21 Å². The summed E-state index contributed by atoms with van der Waals surface area (Å²) >= 11 is 0. The van der Waals surface area contributed by atoms with Gasteiger partial charge >= 0.3 is 0 Å². The van der Waals surface area contributed by atoms with Gasteiger partial charge in [0.15, 0.2) is 12.0 Å². The minimum Gasteiger partial charge on any atom is -0.296 e. The van der Waals surface area contributed by atoms with E-state index in [0.29, 0.717) is 0 Å². The van der Waals surface area contributed by atoms with Crippen molar-refractivity contribution in [2.75, 3.05) is 0 Å². The van der Waals surface area contributed by atoms with Crippen molar-refractivity contribution < 1.29 is 13.6 Å². The summed E-state index contributed by atoms with van der Waals surface area (Å²) < 4.78 is 25.5. The molecule has 1 aromatic heterocycles. The molecule has 0 amide bonds. The van der Waals surface area contributed by atoms with E-state index in [1.165, 1.54) is 0 Å². The lowest BCUT2D eigenvalue weighted by Gasteiger charge is -2.00. The van der Waals surface area contributed by atoms with E-state index >= 15 is 0 Å². The molecule has 4 nitrogen and oxygen atoms in total. The molecule has 0 fully saturated rings. The second-order valence-electron chi connectivity index (χ2n) is 2.09. The standard InChI is InChI=1S/C6H7F2N3O/c1-2-11-5(6(7)8)4(3-12)9-10-11/h3,6H,2H2,1H3. The van der Waals surface area contributed by atoms with Gasteiger partial charge in [-0.25, -0.2) is 13.5 Å². The number of carbonyl (C=O) groups excluding carboxylic acids is 1. The maximum atomic E-state index is 12.2. The first kappa shape index (κ1) is 8.76. The SMILES string of the molecule is CCn1nnc(C=O)c1C(F)F. The average molecular weight is 175 g/mol. The van der Waals surface area contributed by atoms with Gasteiger partial charge in [0.05, 0.1) is 0 Å². The van der Waals surface area contributed by atoms with Crippen molar-refractivity contribution in [3.63, 3.8) is 0 Å². The largest absolute Gasteiger partial charge is 0.296 e. The molecule has 0 atom stereocenters. The third-order valence-corrected chi connectivity index (χ3v) is 1.42. The van der Waals surface area contributed by atoms with Crippen LogP contribution in [0.2, 0.25) is 0 Å². The summed E-state index contributed by atoms with van der Waals surface area (Å²) in [5.74, 6) is 0. The third kappa shape index (κ3) is 1.32. The van der Waals surface area contributed by atoms with E-state index in [1.54, 1.807) is 6.92 Å². The normalized spacial score (nSPS) is 10.7. The Hall–Kier alpha value is -1.33. The van der Waals surface area contributed by atoms with Gasteiger partial charge in [-0.15, -0.1) is 5.10 Å². The molecule has 0 aliphatic rings. The number of alkyl halides is 2. The maximum absolute atomic E-state index is 12.2. The van der Waals surface area contributed by atoms with E-state index < -0.39 is 12.1 Å². The predicted octanol–water partition coefficient (Wildman–Crippen LogP) is 1.05. The molecule has 12 heavy (non-hydrogen) atoms. The molecule has 0 aliphatic heterocycles. The van der Waals surface area contributed by atoms with Crippen LogP contribution in [0.4, 0.5) is 8.78 Å². The fourth-order valence-electron chi connectivity index (χ4n) is 0.876. The Bertz CT molecular complexity index is 284. The Kier molecular flexibility index (Phi) is 2.47. The number of aryl methyl sites for hydroxylation is 1. The number of nitrogens with zero attached hydrogens (tertiary/aromatic N) is 3. The van der Waals surface area contributed by atoms with E-state index in [0.717, 1.165) is 4.68 Å². The van der Waals surface area contributed by atoms with Crippen molar-refractivity contribution in [3.05, 3.63) is 11.4 Å². The summed E-state index contributed by atoms with van der Waals surface area (Å²) in [6.07, 6.45) is -2.43. The first-order valence-electron chi connectivity index (χ1n) is 3.37. The quantitative estimate of drug-likeness (QED) is 0.645. The summed E-state index contributed by atoms with van der Waals surface area (Å²) in [5.41, 5.74) is -0.695. The molecular formula is C6H7F2N3O. The summed E-state index contributed by atoms with van der Waals surface area (Å²) in [5, 5.41) is 6.67. The smallest absolute Gasteiger partial charge is 0.282 e. The Morgan fingerprint density at radius 2 is 2.33 bits per heavy atom. The van der Waals surface area contributed by atoms with Crippen molar-refractivity contribution in [2.24, 2.45) is 0 Å². The first-order valence-corrected chi connectivity index (χ1v) is 3.37. The van der Waals surface area contributed by atoms with E-state index in [1.807, 2.05) is 0 Å². The van der Waals surface area contributed by atoms with Crippen LogP contribution in [-0.4, -0.2) is 21.3 Å². The van der Waals surface area contributed by atoms with Crippen LogP contribution >= 0.6 is 0 Å². The molecule has 0 spiro atoms. The van der Waals surface area contributed by atoms with Gasteiger partial charge in [0.2, 0.25) is 0 Å². The van der Waals surface area contributed by atoms with Crippen LogP contribution in [0.15, 0.2) is 0 Å². The molecule has 0 bridgehead atoms. The van der Waals surface area contributed by atoms with Crippen molar-refractivity contribution in [1.82, 2.24) is 15.0 Å². The Morgan fingerprint density at radius 3 is 2.75 bits per heavy atom. The molecular weight excluding hydrogens is 168 g/mol. The number of halogens is 2. The summed E-state index contributed by atoms with van der Waals surface area (Å²) in [4.78, 5) is 10.2. The Balaban J connectivity index is 3.16. The van der Waals surface area contributed by atoms with E-state index in [2.05, 4.69) is 10.3 Å². The second kappa shape index (κ2) is 3.38. The van der Waals surface area contributed by atoms with Gasteiger partial charge in [0, 0.05) is 6.54 Å². The summed E-state index contributed by atoms with van der Waals surface area (Å²) in [6.45, 7) is 1.93. The highest BCUT2D eigenvalue weighted by Gasteiger charge is 2.20. The number of rotatable bonds is 3. The minimum atomic E-state index is -2.71. The molecule has 6 heteroatoms. The van der Waals surface area contributed by atoms with Gasteiger partial charge in [-0.3, -0.25) is 4.79 Å². The van der Waals surface area contributed by atoms with Gasteiger partial charge in [-0.05, 0) is 6.92 Å². The highest BCUT2D eigenvalue weighted by Crippen LogP contribution is 2.19. The van der Waals surface area contributed by atoms with E-state index in [4.69, 9.17) is 0 Å².